The van der Waals surface area contributed by atoms with Crippen molar-refractivity contribution >= 4 is 11.7 Å². The molecule has 0 aliphatic carbocycles. The molecule has 1 amide bonds. The molecule has 0 bridgehead atoms. The molecule has 1 atom stereocenters. The van der Waals surface area contributed by atoms with Gasteiger partial charge in [-0.15, -0.1) is 0 Å². The highest BCUT2D eigenvalue weighted by molar-refractivity contribution is 5.91. The Balaban J connectivity index is 1.72. The van der Waals surface area contributed by atoms with E-state index in [-0.39, 0.29) is 18.5 Å². The first kappa shape index (κ1) is 17.9. The fourth-order valence-corrected chi connectivity index (χ4v) is 2.94. The minimum atomic E-state index is -0.0963. The van der Waals surface area contributed by atoms with Gasteiger partial charge in [0.2, 0.25) is 5.91 Å². The van der Waals surface area contributed by atoms with Gasteiger partial charge < -0.3 is 5.32 Å². The van der Waals surface area contributed by atoms with Gasteiger partial charge in [0.05, 0.1) is 18.3 Å². The number of hydrogen-bond acceptors (Lipinski definition) is 3. The Hall–Kier alpha value is -2.92. The summed E-state index contributed by atoms with van der Waals surface area (Å²) in [6, 6.07) is 20.3. The van der Waals surface area contributed by atoms with Gasteiger partial charge in [-0.05, 0) is 25.0 Å². The van der Waals surface area contributed by atoms with Crippen molar-refractivity contribution in [1.82, 2.24) is 15.1 Å². The van der Waals surface area contributed by atoms with Crippen molar-refractivity contribution in [1.29, 1.82) is 0 Å². The van der Waals surface area contributed by atoms with Crippen molar-refractivity contribution in [3.05, 3.63) is 83.0 Å². The Bertz CT molecular complexity index is 869. The van der Waals surface area contributed by atoms with Gasteiger partial charge in [0.1, 0.15) is 5.82 Å². The van der Waals surface area contributed by atoms with Crippen LogP contribution in [0.4, 0.5) is 5.82 Å². The van der Waals surface area contributed by atoms with Crippen LogP contribution in [0.25, 0.3) is 0 Å². The molecule has 1 aromatic heterocycles. The molecule has 0 saturated heterocycles. The second-order valence-electron chi connectivity index (χ2n) is 6.48. The maximum atomic E-state index is 12.4. The molecule has 0 spiro atoms. The van der Waals surface area contributed by atoms with Gasteiger partial charge in [-0.3, -0.25) is 14.8 Å². The van der Waals surface area contributed by atoms with Crippen molar-refractivity contribution in [2.45, 2.75) is 19.9 Å². The molecule has 2 N–H and O–H groups in total. The van der Waals surface area contributed by atoms with Crippen molar-refractivity contribution < 1.29 is 4.79 Å². The zero-order valence-corrected chi connectivity index (χ0v) is 15.4. The summed E-state index contributed by atoms with van der Waals surface area (Å²) in [5.41, 5.74) is 4.34. The van der Waals surface area contributed by atoms with E-state index in [9.17, 15) is 4.79 Å². The average Bonchev–Trinajstić information content (AvgIpc) is 2.94. The minimum Gasteiger partial charge on any atom is -0.310 e. The van der Waals surface area contributed by atoms with Gasteiger partial charge >= 0.3 is 0 Å². The van der Waals surface area contributed by atoms with Crippen LogP contribution in [0.2, 0.25) is 0 Å². The number of carbonyl (C=O) groups excluding carboxylic acids is 1. The molecule has 0 radical (unpaired) electrons. The molecule has 26 heavy (non-hydrogen) atoms. The summed E-state index contributed by atoms with van der Waals surface area (Å²) < 4.78 is 1.67. The molecule has 0 aliphatic rings. The first-order chi connectivity index (χ1) is 12.5. The molecule has 3 aromatic rings. The van der Waals surface area contributed by atoms with Gasteiger partial charge in [-0.2, -0.15) is 5.10 Å². The van der Waals surface area contributed by atoms with Crippen molar-refractivity contribution in [3.63, 3.8) is 0 Å². The van der Waals surface area contributed by atoms with E-state index in [0.29, 0.717) is 5.82 Å². The third kappa shape index (κ3) is 4.37. The van der Waals surface area contributed by atoms with Crippen LogP contribution in [-0.2, 0) is 11.8 Å². The van der Waals surface area contributed by atoms with E-state index in [4.69, 9.17) is 0 Å². The van der Waals surface area contributed by atoms with Crippen LogP contribution in [0.15, 0.2) is 60.7 Å². The second kappa shape index (κ2) is 7.97. The third-order valence-corrected chi connectivity index (χ3v) is 4.28. The van der Waals surface area contributed by atoms with Crippen molar-refractivity contribution in [3.8, 4) is 0 Å². The van der Waals surface area contributed by atoms with E-state index in [1.807, 2.05) is 38.2 Å². The quantitative estimate of drug-likeness (QED) is 0.718. The molecule has 0 aliphatic heterocycles. The number of aromatic nitrogens is 2. The monoisotopic (exact) mass is 348 g/mol. The average molecular weight is 348 g/mol. The number of rotatable bonds is 6. The Labute approximate surface area is 154 Å². The van der Waals surface area contributed by atoms with Gasteiger partial charge in [0.15, 0.2) is 0 Å². The van der Waals surface area contributed by atoms with E-state index in [0.717, 1.165) is 16.8 Å². The number of nitrogens with one attached hydrogen (secondary N) is 2. The van der Waals surface area contributed by atoms with E-state index in [1.165, 1.54) is 5.56 Å². The highest BCUT2D eigenvalue weighted by atomic mass is 16.2. The summed E-state index contributed by atoms with van der Waals surface area (Å²) in [6.45, 7) is 4.17. The summed E-state index contributed by atoms with van der Waals surface area (Å²) >= 11 is 0. The minimum absolute atomic E-state index is 0.0455. The normalized spacial score (nSPS) is 12.0. The van der Waals surface area contributed by atoms with Gasteiger partial charge in [0.25, 0.3) is 0 Å². The van der Waals surface area contributed by atoms with E-state index < -0.39 is 0 Å². The molecule has 2 aromatic carbocycles. The molecule has 0 saturated carbocycles. The first-order valence-corrected chi connectivity index (χ1v) is 8.68. The topological polar surface area (TPSA) is 59.0 Å². The number of amides is 1. The molecule has 134 valence electrons. The van der Waals surface area contributed by atoms with Crippen LogP contribution in [0.1, 0.15) is 28.4 Å². The fourth-order valence-electron chi connectivity index (χ4n) is 2.94. The Morgan fingerprint density at radius 2 is 1.69 bits per heavy atom. The third-order valence-electron chi connectivity index (χ3n) is 4.28. The molecule has 3 rings (SSSR count). The lowest BCUT2D eigenvalue weighted by atomic mass is 9.98. The number of aryl methyl sites for hydroxylation is 3. The van der Waals surface area contributed by atoms with Crippen LogP contribution < -0.4 is 10.6 Å². The van der Waals surface area contributed by atoms with Crippen LogP contribution in [0.5, 0.6) is 0 Å². The highest BCUT2D eigenvalue weighted by Crippen LogP contribution is 2.22. The SMILES string of the molecule is Cc1ccc(C(NCC(=O)Nc2cc(C)nn2C)c2ccccc2)cc1. The molecular weight excluding hydrogens is 324 g/mol. The van der Waals surface area contributed by atoms with Crippen LogP contribution >= 0.6 is 0 Å². The Kier molecular flexibility index (Phi) is 5.49. The number of anilines is 1. The van der Waals surface area contributed by atoms with Crippen LogP contribution in [0, 0.1) is 13.8 Å². The molecule has 0 fully saturated rings. The van der Waals surface area contributed by atoms with E-state index in [2.05, 4.69) is 59.1 Å². The lowest BCUT2D eigenvalue weighted by Gasteiger charge is -2.20. The Morgan fingerprint density at radius 1 is 1.04 bits per heavy atom. The Morgan fingerprint density at radius 3 is 2.31 bits per heavy atom. The van der Waals surface area contributed by atoms with Crippen molar-refractivity contribution in [2.24, 2.45) is 7.05 Å². The molecule has 1 heterocycles. The second-order valence-corrected chi connectivity index (χ2v) is 6.48. The lowest BCUT2D eigenvalue weighted by molar-refractivity contribution is -0.115. The highest BCUT2D eigenvalue weighted by Gasteiger charge is 2.15. The van der Waals surface area contributed by atoms with E-state index in [1.54, 1.807) is 4.68 Å². The molecule has 5 heteroatoms. The molecule has 1 unspecified atom stereocenters. The standard InChI is InChI=1S/C21H24N4O/c1-15-9-11-18(12-10-15)21(17-7-5-4-6-8-17)22-14-20(26)23-19-13-16(2)24-25(19)3/h4-13,21-22H,14H2,1-3H3,(H,23,26). The number of nitrogens with zero attached hydrogens (tertiary/aromatic N) is 2. The number of benzene rings is 2. The summed E-state index contributed by atoms with van der Waals surface area (Å²) in [7, 11) is 1.81. The largest absolute Gasteiger partial charge is 0.310 e. The summed E-state index contributed by atoms with van der Waals surface area (Å²) in [5.74, 6) is 0.599. The predicted octanol–water partition coefficient (Wildman–Crippen LogP) is 3.35. The smallest absolute Gasteiger partial charge is 0.239 e. The first-order valence-electron chi connectivity index (χ1n) is 8.68. The maximum Gasteiger partial charge on any atom is 0.239 e. The van der Waals surface area contributed by atoms with Crippen LogP contribution in [-0.4, -0.2) is 22.2 Å². The van der Waals surface area contributed by atoms with Crippen molar-refractivity contribution in [2.75, 3.05) is 11.9 Å². The maximum absolute atomic E-state index is 12.4. The predicted molar refractivity (Wildman–Crippen MR) is 104 cm³/mol. The zero-order valence-electron chi connectivity index (χ0n) is 15.4. The van der Waals surface area contributed by atoms with Gasteiger partial charge in [-0.1, -0.05) is 60.2 Å². The molecule has 5 nitrogen and oxygen atoms in total. The number of hydrogen-bond donors (Lipinski definition) is 2. The lowest BCUT2D eigenvalue weighted by Crippen LogP contribution is -2.32. The summed E-state index contributed by atoms with van der Waals surface area (Å²) in [6.07, 6.45) is 0. The molecular formula is C21H24N4O. The van der Waals surface area contributed by atoms with Crippen LogP contribution in [0.3, 0.4) is 0 Å². The van der Waals surface area contributed by atoms with Gasteiger partial charge in [0, 0.05) is 13.1 Å². The zero-order chi connectivity index (χ0) is 18.5. The number of carbonyl (C=O) groups is 1. The van der Waals surface area contributed by atoms with Gasteiger partial charge in [-0.25, -0.2) is 0 Å². The summed E-state index contributed by atoms with van der Waals surface area (Å²) in [4.78, 5) is 12.4. The summed E-state index contributed by atoms with van der Waals surface area (Å²) in [5, 5.41) is 10.5. The fraction of sp³-hybridized carbons (Fsp3) is 0.238. The van der Waals surface area contributed by atoms with E-state index >= 15 is 0 Å².